The van der Waals surface area contributed by atoms with Crippen LogP contribution in [0.5, 0.6) is 0 Å². The number of carbonyl (C=O) groups is 4. The fourth-order valence-electron chi connectivity index (χ4n) is 3.61. The van der Waals surface area contributed by atoms with E-state index in [0.29, 0.717) is 16.8 Å². The Kier molecular flexibility index (Phi) is 5.14. The average Bonchev–Trinajstić information content (AvgIpc) is 3.17. The summed E-state index contributed by atoms with van der Waals surface area (Å²) in [6, 6.07) is 1.65. The van der Waals surface area contributed by atoms with Crippen molar-refractivity contribution in [3.05, 3.63) is 35.2 Å². The second-order valence-corrected chi connectivity index (χ2v) is 7.28. The summed E-state index contributed by atoms with van der Waals surface area (Å²) in [4.78, 5) is 49.4. The summed E-state index contributed by atoms with van der Waals surface area (Å²) < 4.78 is 17.8. The number of hydrogen-bond acceptors (Lipinski definition) is 7. The highest BCUT2D eigenvalue weighted by Crippen LogP contribution is 2.36. The summed E-state index contributed by atoms with van der Waals surface area (Å²) >= 11 is 0. The van der Waals surface area contributed by atoms with E-state index in [9.17, 15) is 19.2 Å². The monoisotopic (exact) mass is 389 g/mol. The molecule has 3 atom stereocenters. The first-order valence-corrected chi connectivity index (χ1v) is 9.13. The van der Waals surface area contributed by atoms with Crippen molar-refractivity contribution in [1.82, 2.24) is 4.57 Å². The summed E-state index contributed by atoms with van der Waals surface area (Å²) in [6.07, 6.45) is 2.62. The fourth-order valence-corrected chi connectivity index (χ4v) is 3.61. The van der Waals surface area contributed by atoms with Crippen LogP contribution in [0.15, 0.2) is 23.9 Å². The Morgan fingerprint density at radius 2 is 2.04 bits per heavy atom. The third kappa shape index (κ3) is 3.34. The van der Waals surface area contributed by atoms with Gasteiger partial charge in [0.25, 0.3) is 0 Å². The van der Waals surface area contributed by atoms with Gasteiger partial charge < -0.3 is 14.2 Å². The summed E-state index contributed by atoms with van der Waals surface area (Å²) in [5.41, 5.74) is -0.169. The first-order chi connectivity index (χ1) is 13.2. The predicted octanol–water partition coefficient (Wildman–Crippen LogP) is 2.47. The van der Waals surface area contributed by atoms with E-state index in [-0.39, 0.29) is 25.4 Å². The van der Waals surface area contributed by atoms with E-state index in [0.717, 1.165) is 0 Å². The summed E-state index contributed by atoms with van der Waals surface area (Å²) in [6.45, 7) is 5.95. The summed E-state index contributed by atoms with van der Waals surface area (Å²) in [5.74, 6) is -2.64. The van der Waals surface area contributed by atoms with Gasteiger partial charge in [-0.2, -0.15) is 0 Å². The highest BCUT2D eigenvalue weighted by Gasteiger charge is 2.46. The molecule has 0 amide bonds. The Balaban J connectivity index is 2.04. The Bertz CT molecular complexity index is 881. The van der Waals surface area contributed by atoms with Crippen LogP contribution in [-0.4, -0.2) is 34.0 Å². The zero-order chi connectivity index (χ0) is 20.6. The highest BCUT2D eigenvalue weighted by atomic mass is 16.6. The Morgan fingerprint density at radius 3 is 2.68 bits per heavy atom. The molecule has 1 aromatic heterocycles. The van der Waals surface area contributed by atoms with Gasteiger partial charge in [0.1, 0.15) is 6.61 Å². The maximum absolute atomic E-state index is 12.8. The molecule has 0 aromatic carbocycles. The number of hydrogen-bond donors (Lipinski definition) is 0. The molecule has 1 aromatic rings. The normalized spacial score (nSPS) is 29.4. The molecule has 0 aliphatic carbocycles. The van der Waals surface area contributed by atoms with Crippen LogP contribution >= 0.6 is 0 Å². The van der Waals surface area contributed by atoms with Crippen LogP contribution in [0.1, 0.15) is 62.7 Å². The molecule has 0 radical (unpaired) electrons. The van der Waals surface area contributed by atoms with Crippen molar-refractivity contribution < 1.29 is 33.4 Å². The van der Waals surface area contributed by atoms with Gasteiger partial charge in [0.05, 0.1) is 12.1 Å². The Hall–Kier alpha value is -2.90. The topological polar surface area (TPSA) is 101 Å². The molecule has 3 rings (SSSR count). The molecule has 0 fully saturated rings. The van der Waals surface area contributed by atoms with Gasteiger partial charge >= 0.3 is 17.9 Å². The van der Waals surface area contributed by atoms with Gasteiger partial charge in [-0.1, -0.05) is 13.0 Å². The minimum atomic E-state index is -1.57. The molecule has 8 heteroatoms. The SMILES string of the molecule is C/C=C1/C[C@H](C)[C@@](C)(OC(C)=O)C(=O)OCc2ccn3c2[C@@H](CC3=O)OC1=O. The maximum atomic E-state index is 12.8. The van der Waals surface area contributed by atoms with Crippen LogP contribution in [0.3, 0.4) is 0 Å². The maximum Gasteiger partial charge on any atom is 0.350 e. The van der Waals surface area contributed by atoms with Gasteiger partial charge in [0, 0.05) is 30.2 Å². The van der Waals surface area contributed by atoms with Crippen molar-refractivity contribution in [2.45, 2.75) is 58.8 Å². The number of allylic oxidation sites excluding steroid dienone is 1. The lowest BCUT2D eigenvalue weighted by Crippen LogP contribution is -2.47. The molecular weight excluding hydrogens is 366 g/mol. The van der Waals surface area contributed by atoms with Gasteiger partial charge in [-0.15, -0.1) is 0 Å². The van der Waals surface area contributed by atoms with Crippen molar-refractivity contribution in [1.29, 1.82) is 0 Å². The van der Waals surface area contributed by atoms with Crippen LogP contribution < -0.4 is 0 Å². The Morgan fingerprint density at radius 1 is 1.32 bits per heavy atom. The van der Waals surface area contributed by atoms with Crippen LogP contribution in [0, 0.1) is 5.92 Å². The van der Waals surface area contributed by atoms with Crippen molar-refractivity contribution in [2.75, 3.05) is 0 Å². The van der Waals surface area contributed by atoms with E-state index in [1.807, 2.05) is 0 Å². The van der Waals surface area contributed by atoms with Gasteiger partial charge in [-0.3, -0.25) is 14.2 Å². The first-order valence-electron chi connectivity index (χ1n) is 9.13. The molecule has 0 bridgehead atoms. The number of aromatic nitrogens is 1. The number of ether oxygens (including phenoxy) is 3. The number of nitrogens with zero attached hydrogens (tertiary/aromatic N) is 1. The van der Waals surface area contributed by atoms with Crippen LogP contribution in [-0.2, 0) is 35.2 Å². The van der Waals surface area contributed by atoms with Crippen molar-refractivity contribution >= 4 is 23.8 Å². The average molecular weight is 389 g/mol. The smallest absolute Gasteiger partial charge is 0.350 e. The molecule has 0 spiro atoms. The minimum Gasteiger partial charge on any atom is -0.458 e. The molecule has 28 heavy (non-hydrogen) atoms. The minimum absolute atomic E-state index is 0.0422. The van der Waals surface area contributed by atoms with E-state index < -0.39 is 35.5 Å². The summed E-state index contributed by atoms with van der Waals surface area (Å²) in [7, 11) is 0. The van der Waals surface area contributed by atoms with E-state index in [1.165, 1.54) is 18.4 Å². The summed E-state index contributed by atoms with van der Waals surface area (Å²) in [5, 5.41) is 0. The largest absolute Gasteiger partial charge is 0.458 e. The molecule has 8 nitrogen and oxygen atoms in total. The number of cyclic esters (lactones) is 1. The lowest BCUT2D eigenvalue weighted by atomic mass is 9.85. The third-order valence-electron chi connectivity index (χ3n) is 5.39. The van der Waals surface area contributed by atoms with Crippen molar-refractivity contribution in [3.63, 3.8) is 0 Å². The zero-order valence-electron chi connectivity index (χ0n) is 16.3. The number of esters is 3. The van der Waals surface area contributed by atoms with E-state index in [2.05, 4.69) is 0 Å². The lowest BCUT2D eigenvalue weighted by molar-refractivity contribution is -0.187. The van der Waals surface area contributed by atoms with Crippen LogP contribution in [0.4, 0.5) is 0 Å². The van der Waals surface area contributed by atoms with Gasteiger partial charge in [0.2, 0.25) is 11.5 Å². The molecule has 0 unspecified atom stereocenters. The van der Waals surface area contributed by atoms with Crippen LogP contribution in [0.2, 0.25) is 0 Å². The lowest BCUT2D eigenvalue weighted by Gasteiger charge is -2.33. The third-order valence-corrected chi connectivity index (χ3v) is 5.39. The molecule has 0 N–H and O–H groups in total. The quantitative estimate of drug-likeness (QED) is 0.413. The zero-order valence-corrected chi connectivity index (χ0v) is 16.3. The molecule has 3 heterocycles. The fraction of sp³-hybridized carbons (Fsp3) is 0.500. The van der Waals surface area contributed by atoms with Crippen molar-refractivity contribution in [3.8, 4) is 0 Å². The van der Waals surface area contributed by atoms with Crippen molar-refractivity contribution in [2.24, 2.45) is 5.92 Å². The molecule has 2 aliphatic heterocycles. The molecule has 0 saturated heterocycles. The number of carbonyl (C=O) groups excluding carboxylic acids is 4. The van der Waals surface area contributed by atoms with Gasteiger partial charge in [-0.05, 0) is 26.3 Å². The van der Waals surface area contributed by atoms with Gasteiger partial charge in [0.15, 0.2) is 6.10 Å². The first kappa shape index (κ1) is 19.9. The molecular formula is C20H23NO7. The Labute approximate surface area is 162 Å². The van der Waals surface area contributed by atoms with E-state index >= 15 is 0 Å². The van der Waals surface area contributed by atoms with Gasteiger partial charge in [-0.25, -0.2) is 9.59 Å². The van der Waals surface area contributed by atoms with E-state index in [4.69, 9.17) is 14.2 Å². The molecule has 0 saturated carbocycles. The predicted molar refractivity (Wildman–Crippen MR) is 96.0 cm³/mol. The van der Waals surface area contributed by atoms with Crippen LogP contribution in [0.25, 0.3) is 0 Å². The highest BCUT2D eigenvalue weighted by molar-refractivity contribution is 5.91. The standard InChI is InChI=1S/C20H23NO7/c1-5-13-8-11(2)20(4,28-12(3)22)19(25)26-10-14-6-7-21-16(23)9-15(17(14)21)27-18(13)24/h5-7,11,15H,8-10H2,1-4H3/b13-5-/t11-,15+,20+/m0/s1. The molecule has 150 valence electrons. The second-order valence-electron chi connectivity index (χ2n) is 7.28. The second kappa shape index (κ2) is 7.26. The number of rotatable bonds is 1. The van der Waals surface area contributed by atoms with E-state index in [1.54, 1.807) is 32.2 Å². The molecule has 2 aliphatic rings.